The van der Waals surface area contributed by atoms with E-state index in [-0.39, 0.29) is 43.5 Å². The summed E-state index contributed by atoms with van der Waals surface area (Å²) < 4.78 is 11.9. The number of nitrogens with zero attached hydrogens (tertiary/aromatic N) is 3. The van der Waals surface area contributed by atoms with Crippen LogP contribution >= 0.6 is 0 Å². The third kappa shape index (κ3) is 13.5. The second-order valence-corrected chi connectivity index (χ2v) is 15.8. The van der Waals surface area contributed by atoms with Gasteiger partial charge >= 0.3 is 12.1 Å². The molecule has 7 N–H and O–H groups in total. The first-order valence-corrected chi connectivity index (χ1v) is 20.3. The number of likely N-dealkylation sites (N-methyl/N-ethyl adjacent to an activating group) is 2. The second-order valence-electron chi connectivity index (χ2n) is 15.8. The number of benzene rings is 1. The number of urea groups is 1. The van der Waals surface area contributed by atoms with Crippen molar-refractivity contribution < 1.29 is 48.5 Å². The first-order chi connectivity index (χ1) is 27.3. The van der Waals surface area contributed by atoms with E-state index in [0.717, 1.165) is 4.90 Å². The van der Waals surface area contributed by atoms with Crippen molar-refractivity contribution in [3.63, 3.8) is 0 Å². The van der Waals surface area contributed by atoms with Gasteiger partial charge < -0.3 is 51.2 Å². The number of carbonyl (C=O) groups excluding carboxylic acids is 5. The summed E-state index contributed by atoms with van der Waals surface area (Å²) in [4.78, 5) is 83.0. The Bertz CT molecular complexity index is 1500. The number of aliphatic hydroxyl groups is 1. The molecule has 1 heterocycles. The van der Waals surface area contributed by atoms with Crippen molar-refractivity contribution in [2.75, 3.05) is 41.4 Å². The number of likely N-dealkylation sites (tertiary alicyclic amines) is 1. The highest BCUT2D eigenvalue weighted by molar-refractivity contribution is 5.91. The number of methoxy groups -OCH3 is 2. The Balaban J connectivity index is 2.32. The van der Waals surface area contributed by atoms with Crippen molar-refractivity contribution in [3.8, 4) is 0 Å². The van der Waals surface area contributed by atoms with E-state index in [4.69, 9.17) is 15.2 Å². The van der Waals surface area contributed by atoms with Crippen LogP contribution < -0.4 is 21.7 Å². The molecule has 0 aliphatic carbocycles. The van der Waals surface area contributed by atoms with Gasteiger partial charge in [-0.1, -0.05) is 71.4 Å². The number of primary amides is 1. The first kappa shape index (κ1) is 49.7. The smallest absolute Gasteiger partial charge is 0.407 e. The summed E-state index contributed by atoms with van der Waals surface area (Å²) in [6.07, 6.45) is -1.43. The third-order valence-electron chi connectivity index (χ3n) is 11.4. The van der Waals surface area contributed by atoms with Gasteiger partial charge in [0.1, 0.15) is 12.1 Å². The lowest BCUT2D eigenvalue weighted by Crippen LogP contribution is -2.59. The summed E-state index contributed by atoms with van der Waals surface area (Å²) in [6, 6.07) is 4.50. The van der Waals surface area contributed by atoms with Crippen LogP contribution in [0, 0.1) is 17.8 Å². The van der Waals surface area contributed by atoms with Gasteiger partial charge in [0.2, 0.25) is 23.6 Å². The lowest BCUT2D eigenvalue weighted by atomic mass is 9.89. The van der Waals surface area contributed by atoms with Crippen molar-refractivity contribution in [3.05, 3.63) is 35.9 Å². The largest absolute Gasteiger partial charge is 0.465 e. The van der Waals surface area contributed by atoms with Crippen LogP contribution in [0.3, 0.4) is 0 Å². The minimum Gasteiger partial charge on any atom is -0.465 e. The van der Waals surface area contributed by atoms with Crippen LogP contribution in [0.4, 0.5) is 9.59 Å². The Morgan fingerprint density at radius 3 is 2.12 bits per heavy atom. The molecule has 10 atom stereocenters. The molecule has 0 spiro atoms. The molecule has 7 amide bonds. The normalized spacial score (nSPS) is 18.8. The van der Waals surface area contributed by atoms with Crippen LogP contribution in [0.1, 0.15) is 91.7 Å². The Kier molecular flexibility index (Phi) is 20.4. The number of amides is 7. The maximum absolute atomic E-state index is 14.4. The molecule has 0 aromatic heterocycles. The summed E-state index contributed by atoms with van der Waals surface area (Å²) in [7, 11) is 5.87. The topological polar surface area (TPSA) is 233 Å². The summed E-state index contributed by atoms with van der Waals surface area (Å²) in [5.41, 5.74) is 5.90. The van der Waals surface area contributed by atoms with E-state index in [1.807, 2.05) is 32.0 Å². The van der Waals surface area contributed by atoms with E-state index < -0.39 is 84.3 Å². The molecule has 0 radical (unpaired) electrons. The summed E-state index contributed by atoms with van der Waals surface area (Å²) in [5.74, 6) is -2.92. The average molecular weight is 820 g/mol. The van der Waals surface area contributed by atoms with E-state index in [1.165, 1.54) is 26.2 Å². The molecule has 328 valence electrons. The predicted molar refractivity (Wildman–Crippen MR) is 218 cm³/mol. The van der Waals surface area contributed by atoms with Gasteiger partial charge in [0.15, 0.2) is 0 Å². The van der Waals surface area contributed by atoms with Crippen LogP contribution in [0.5, 0.6) is 0 Å². The van der Waals surface area contributed by atoms with Gasteiger partial charge in [0.25, 0.3) is 0 Å². The standard InChI is InChI=1S/C41H69N7O10/c1-11-25(4)34(46(7)39(53)29(19-15-21-43-40(42)54)45-38(52)33(24(2)3)47(8)41(55)56)31(57-9)23-32(49)48-22-16-20-30(48)36(58-10)26(5)37(51)44-27(6)35(50)28-17-13-12-14-18-28/h12-14,17-18,24-27,29-31,33-36,50H,11,15-16,19-23H2,1-10H3,(H,44,51)(H,45,52)(H,55,56)(H3,42,43,54)/t25-,26+,27+,29?,30?,31+,33?,34-,35+,36+/m0/s1. The van der Waals surface area contributed by atoms with Gasteiger partial charge in [-0.25, -0.2) is 9.59 Å². The molecule has 1 aromatic carbocycles. The van der Waals surface area contributed by atoms with Gasteiger partial charge in [0.05, 0.1) is 48.8 Å². The van der Waals surface area contributed by atoms with E-state index in [0.29, 0.717) is 31.4 Å². The van der Waals surface area contributed by atoms with Gasteiger partial charge in [-0.15, -0.1) is 0 Å². The zero-order valence-corrected chi connectivity index (χ0v) is 36.0. The van der Waals surface area contributed by atoms with Gasteiger partial charge in [-0.05, 0) is 50.0 Å². The van der Waals surface area contributed by atoms with E-state index >= 15 is 0 Å². The number of aliphatic hydroxyl groups excluding tert-OH is 1. The molecule has 3 unspecified atom stereocenters. The number of carboxylic acid groups (broad SMARTS) is 1. The summed E-state index contributed by atoms with van der Waals surface area (Å²) in [5, 5.41) is 28.7. The fraction of sp³-hybridized carbons (Fsp3) is 0.707. The maximum Gasteiger partial charge on any atom is 0.407 e. The minimum atomic E-state index is -1.30. The lowest BCUT2D eigenvalue weighted by molar-refractivity contribution is -0.147. The van der Waals surface area contributed by atoms with Crippen molar-refractivity contribution in [1.82, 2.24) is 30.7 Å². The number of rotatable bonds is 23. The molecular weight excluding hydrogens is 750 g/mol. The number of nitrogens with one attached hydrogen (secondary N) is 3. The molecule has 1 aliphatic rings. The van der Waals surface area contributed by atoms with Crippen LogP contribution in [0.15, 0.2) is 30.3 Å². The number of carbonyl (C=O) groups is 6. The molecule has 1 saturated heterocycles. The third-order valence-corrected chi connectivity index (χ3v) is 11.4. The Hall–Kier alpha value is -4.48. The Morgan fingerprint density at radius 1 is 0.948 bits per heavy atom. The fourth-order valence-corrected chi connectivity index (χ4v) is 8.00. The number of nitrogens with two attached hydrogens (primary N) is 1. The quantitative estimate of drug-likeness (QED) is 0.0884. The molecule has 0 saturated carbocycles. The highest BCUT2D eigenvalue weighted by Gasteiger charge is 2.43. The fourth-order valence-electron chi connectivity index (χ4n) is 8.00. The van der Waals surface area contributed by atoms with Crippen LogP contribution in [-0.4, -0.2) is 144 Å². The van der Waals surface area contributed by atoms with Crippen molar-refractivity contribution in [1.29, 1.82) is 0 Å². The maximum atomic E-state index is 14.4. The van der Waals surface area contributed by atoms with E-state index in [1.54, 1.807) is 51.8 Å². The zero-order valence-electron chi connectivity index (χ0n) is 36.0. The second kappa shape index (κ2) is 23.8. The monoisotopic (exact) mass is 820 g/mol. The predicted octanol–water partition coefficient (Wildman–Crippen LogP) is 2.71. The number of hydrogen-bond donors (Lipinski definition) is 6. The Morgan fingerprint density at radius 2 is 1.59 bits per heavy atom. The summed E-state index contributed by atoms with van der Waals surface area (Å²) in [6.45, 7) is 11.4. The van der Waals surface area contributed by atoms with E-state index in [2.05, 4.69) is 16.0 Å². The van der Waals surface area contributed by atoms with Gasteiger partial charge in [-0.2, -0.15) is 0 Å². The van der Waals surface area contributed by atoms with Crippen LogP contribution in [0.2, 0.25) is 0 Å². The molecule has 1 aromatic rings. The van der Waals surface area contributed by atoms with Gasteiger partial charge in [-0.3, -0.25) is 24.1 Å². The number of ether oxygens (including phenoxy) is 2. The minimum absolute atomic E-state index is 0.0880. The van der Waals surface area contributed by atoms with Crippen LogP contribution in [-0.2, 0) is 28.7 Å². The molecule has 17 nitrogen and oxygen atoms in total. The lowest BCUT2D eigenvalue weighted by Gasteiger charge is -2.40. The molecule has 1 aliphatic heterocycles. The molecule has 58 heavy (non-hydrogen) atoms. The first-order valence-electron chi connectivity index (χ1n) is 20.3. The van der Waals surface area contributed by atoms with Gasteiger partial charge in [0, 0.05) is 41.4 Å². The summed E-state index contributed by atoms with van der Waals surface area (Å²) >= 11 is 0. The van der Waals surface area contributed by atoms with Crippen LogP contribution in [0.25, 0.3) is 0 Å². The molecule has 0 bridgehead atoms. The average Bonchev–Trinajstić information content (AvgIpc) is 3.67. The number of hydrogen-bond acceptors (Lipinski definition) is 9. The molecule has 1 fully saturated rings. The van der Waals surface area contributed by atoms with E-state index in [9.17, 15) is 39.0 Å². The Labute approximate surface area is 343 Å². The van der Waals surface area contributed by atoms with Crippen molar-refractivity contribution >= 4 is 35.8 Å². The SMILES string of the molecule is CC[C@H](C)[C@@H]([C@@H](CC(=O)N1CCCC1[C@H](OC)[C@@H](C)C(=O)N[C@H](C)[C@@H](O)c1ccccc1)OC)N(C)C(=O)C(CCCNC(N)=O)NC(=O)C(C(C)C)N(C)C(=O)O. The zero-order chi connectivity index (χ0) is 43.9. The highest BCUT2D eigenvalue weighted by atomic mass is 16.5. The molecule has 17 heteroatoms. The molecule has 2 rings (SSSR count). The van der Waals surface area contributed by atoms with Crippen molar-refractivity contribution in [2.24, 2.45) is 23.5 Å². The van der Waals surface area contributed by atoms with Crippen molar-refractivity contribution in [2.45, 2.75) is 129 Å². The molecular formula is C41H69N7O10. The highest BCUT2D eigenvalue weighted by Crippen LogP contribution is 2.30.